The summed E-state index contributed by atoms with van der Waals surface area (Å²) in [5, 5.41) is 8.81. The monoisotopic (exact) mass is 504 g/mol. The number of amides is 1. The average molecular weight is 505 g/mol. The third kappa shape index (κ3) is 5.86. The number of hydrogen-bond donors (Lipinski definition) is 1. The summed E-state index contributed by atoms with van der Waals surface area (Å²) in [5.41, 5.74) is 0.716. The van der Waals surface area contributed by atoms with Crippen LogP contribution in [0.25, 0.3) is 11.0 Å². The van der Waals surface area contributed by atoms with Crippen molar-refractivity contribution in [2.45, 2.75) is 29.9 Å². The highest BCUT2D eigenvalue weighted by molar-refractivity contribution is 7.99. The fraction of sp³-hybridized carbons (Fsp3) is 0.455. The minimum absolute atomic E-state index is 0.0995. The van der Waals surface area contributed by atoms with Crippen LogP contribution in [-0.2, 0) is 25.9 Å². The van der Waals surface area contributed by atoms with E-state index in [0.717, 1.165) is 30.0 Å². The molecule has 2 aromatic heterocycles. The maximum atomic E-state index is 12.4. The first-order chi connectivity index (χ1) is 16.5. The zero-order chi connectivity index (χ0) is 24.0. The Morgan fingerprint density at radius 1 is 1.18 bits per heavy atom. The molecule has 0 saturated carbocycles. The minimum Gasteiger partial charge on any atom is -0.378 e. The van der Waals surface area contributed by atoms with E-state index in [-0.39, 0.29) is 23.0 Å². The van der Waals surface area contributed by atoms with E-state index in [9.17, 15) is 13.2 Å². The van der Waals surface area contributed by atoms with Crippen LogP contribution in [0.3, 0.4) is 0 Å². The molecule has 12 heteroatoms. The second-order valence-corrected chi connectivity index (χ2v) is 11.0. The molecule has 34 heavy (non-hydrogen) atoms. The van der Waals surface area contributed by atoms with Gasteiger partial charge in [0.15, 0.2) is 20.6 Å². The Kier molecular flexibility index (Phi) is 8.01. The number of rotatable bonds is 10. The lowest BCUT2D eigenvalue weighted by Gasteiger charge is -2.28. The fourth-order valence-electron chi connectivity index (χ4n) is 3.66. The summed E-state index contributed by atoms with van der Waals surface area (Å²) in [6.45, 7) is 5.61. The zero-order valence-corrected chi connectivity index (χ0v) is 20.6. The van der Waals surface area contributed by atoms with E-state index < -0.39 is 9.84 Å². The van der Waals surface area contributed by atoms with Gasteiger partial charge in [0.05, 0.1) is 42.0 Å². The first kappa shape index (κ1) is 24.4. The molecule has 10 nitrogen and oxygen atoms in total. The van der Waals surface area contributed by atoms with E-state index in [2.05, 4.69) is 27.2 Å². The number of ether oxygens (including phenoxy) is 1. The number of fused-ring (bicyclic) bond motifs is 1. The molecule has 0 spiro atoms. The van der Waals surface area contributed by atoms with Crippen molar-refractivity contribution in [1.82, 2.24) is 25.1 Å². The molecule has 1 aliphatic heterocycles. The summed E-state index contributed by atoms with van der Waals surface area (Å²) in [7, 11) is -3.49. The Morgan fingerprint density at radius 3 is 2.68 bits per heavy atom. The first-order valence-corrected chi connectivity index (χ1v) is 13.9. The van der Waals surface area contributed by atoms with Crippen LogP contribution in [0.1, 0.15) is 13.3 Å². The number of benzene rings is 1. The number of nitrogens with one attached hydrogen (secondary N) is 1. The Labute approximate surface area is 203 Å². The van der Waals surface area contributed by atoms with Crippen LogP contribution >= 0.6 is 11.8 Å². The summed E-state index contributed by atoms with van der Waals surface area (Å²) in [6.07, 6.45) is 1.66. The van der Waals surface area contributed by atoms with Crippen molar-refractivity contribution in [1.29, 1.82) is 0 Å². The van der Waals surface area contributed by atoms with E-state index in [1.54, 1.807) is 40.8 Å². The zero-order valence-electron chi connectivity index (χ0n) is 19.0. The molecule has 4 rings (SSSR count). The molecular weight excluding hydrogens is 476 g/mol. The van der Waals surface area contributed by atoms with Gasteiger partial charge in [-0.25, -0.2) is 23.1 Å². The van der Waals surface area contributed by atoms with Gasteiger partial charge < -0.3 is 15.0 Å². The van der Waals surface area contributed by atoms with Gasteiger partial charge in [-0.05, 0) is 17.9 Å². The maximum Gasteiger partial charge on any atom is 0.221 e. The lowest BCUT2D eigenvalue weighted by Crippen LogP contribution is -2.37. The van der Waals surface area contributed by atoms with Gasteiger partial charge in [-0.1, -0.05) is 36.9 Å². The van der Waals surface area contributed by atoms with Crippen molar-refractivity contribution < 1.29 is 17.9 Å². The number of carbonyl (C=O) groups excluding carboxylic acids is 1. The number of sulfone groups is 1. The fourth-order valence-corrected chi connectivity index (χ4v) is 5.48. The predicted molar refractivity (Wildman–Crippen MR) is 131 cm³/mol. The molecule has 0 radical (unpaired) electrons. The molecule has 182 valence electrons. The molecular formula is C22H28N6O4S2. The molecule has 3 heterocycles. The Bertz CT molecular complexity index is 1230. The predicted octanol–water partition coefficient (Wildman–Crippen LogP) is 1.76. The van der Waals surface area contributed by atoms with Gasteiger partial charge >= 0.3 is 0 Å². The molecule has 1 fully saturated rings. The Morgan fingerprint density at radius 2 is 1.94 bits per heavy atom. The third-order valence-corrected chi connectivity index (χ3v) is 7.85. The number of anilines is 1. The number of morpholine rings is 1. The molecule has 0 unspecified atom stereocenters. The summed E-state index contributed by atoms with van der Waals surface area (Å²) < 4.78 is 32.0. The van der Waals surface area contributed by atoms with Crippen molar-refractivity contribution in [2.75, 3.05) is 49.3 Å². The number of aromatic nitrogens is 4. The number of carbonyl (C=O) groups is 1. The maximum absolute atomic E-state index is 12.4. The Balaban J connectivity index is 1.39. The van der Waals surface area contributed by atoms with E-state index in [1.165, 1.54) is 12.1 Å². The van der Waals surface area contributed by atoms with Crippen LogP contribution in [0.5, 0.6) is 0 Å². The molecule has 3 aromatic rings. The van der Waals surface area contributed by atoms with Gasteiger partial charge in [0, 0.05) is 26.1 Å². The molecule has 0 atom stereocenters. The SMILES string of the molecule is CCSc1nc(N2CCOCC2)c2cnn(CCNC(=O)CCS(=O)(=O)c3ccccc3)c2n1. The van der Waals surface area contributed by atoms with E-state index >= 15 is 0 Å². The largest absolute Gasteiger partial charge is 0.378 e. The van der Waals surface area contributed by atoms with Crippen molar-refractivity contribution in [3.8, 4) is 0 Å². The molecule has 1 aromatic carbocycles. The molecule has 1 N–H and O–H groups in total. The lowest BCUT2D eigenvalue weighted by molar-refractivity contribution is -0.120. The summed E-state index contributed by atoms with van der Waals surface area (Å²) in [6, 6.07) is 8.16. The smallest absolute Gasteiger partial charge is 0.221 e. The van der Waals surface area contributed by atoms with Crippen LogP contribution in [0, 0.1) is 0 Å². The molecule has 0 bridgehead atoms. The van der Waals surface area contributed by atoms with Crippen LogP contribution in [0.15, 0.2) is 46.6 Å². The average Bonchev–Trinajstić information content (AvgIpc) is 3.26. The van der Waals surface area contributed by atoms with E-state index in [1.807, 2.05) is 0 Å². The number of thioether (sulfide) groups is 1. The highest BCUT2D eigenvalue weighted by Crippen LogP contribution is 2.27. The summed E-state index contributed by atoms with van der Waals surface area (Å²) in [4.78, 5) is 24.1. The van der Waals surface area contributed by atoms with E-state index in [4.69, 9.17) is 9.72 Å². The van der Waals surface area contributed by atoms with Gasteiger partial charge in [0.1, 0.15) is 5.82 Å². The van der Waals surface area contributed by atoms with Crippen molar-refractivity contribution in [3.05, 3.63) is 36.5 Å². The van der Waals surface area contributed by atoms with Crippen molar-refractivity contribution >= 4 is 44.4 Å². The van der Waals surface area contributed by atoms with Crippen LogP contribution < -0.4 is 10.2 Å². The van der Waals surface area contributed by atoms with Gasteiger partial charge in [0.2, 0.25) is 5.91 Å². The summed E-state index contributed by atoms with van der Waals surface area (Å²) >= 11 is 1.57. The third-order valence-electron chi connectivity index (χ3n) is 5.39. The van der Waals surface area contributed by atoms with E-state index in [0.29, 0.717) is 37.1 Å². The summed E-state index contributed by atoms with van der Waals surface area (Å²) in [5.74, 6) is 1.15. The highest BCUT2D eigenvalue weighted by Gasteiger charge is 2.20. The molecule has 1 aliphatic rings. The van der Waals surface area contributed by atoms with Crippen molar-refractivity contribution in [2.24, 2.45) is 0 Å². The number of nitrogens with zero attached hydrogens (tertiary/aromatic N) is 5. The normalized spacial score (nSPS) is 14.4. The Hall–Kier alpha value is -2.70. The standard InChI is InChI=1S/C22H28N6O4S2/c1-2-33-22-25-20(27-11-13-32-14-12-27)18-16-24-28(21(18)26-22)10-9-23-19(29)8-15-34(30,31)17-6-4-3-5-7-17/h3-7,16H,2,8-15H2,1H3,(H,23,29). The van der Waals surface area contributed by atoms with Gasteiger partial charge in [-0.3, -0.25) is 4.79 Å². The lowest BCUT2D eigenvalue weighted by atomic mass is 10.3. The highest BCUT2D eigenvalue weighted by atomic mass is 32.2. The van der Waals surface area contributed by atoms with Crippen molar-refractivity contribution in [3.63, 3.8) is 0 Å². The van der Waals surface area contributed by atoms with Crippen LogP contribution in [-0.4, -0.2) is 78.4 Å². The molecule has 0 aliphatic carbocycles. The minimum atomic E-state index is -3.49. The second kappa shape index (κ2) is 11.2. The number of hydrogen-bond acceptors (Lipinski definition) is 9. The second-order valence-electron chi connectivity index (χ2n) is 7.70. The molecule has 1 amide bonds. The van der Waals surface area contributed by atoms with Crippen LogP contribution in [0.4, 0.5) is 5.82 Å². The van der Waals surface area contributed by atoms with Crippen LogP contribution in [0.2, 0.25) is 0 Å². The molecule has 1 saturated heterocycles. The van der Waals surface area contributed by atoms with Gasteiger partial charge in [-0.15, -0.1) is 0 Å². The van der Waals surface area contributed by atoms with Gasteiger partial charge in [-0.2, -0.15) is 5.10 Å². The van der Waals surface area contributed by atoms with Gasteiger partial charge in [0.25, 0.3) is 0 Å². The topological polar surface area (TPSA) is 119 Å². The first-order valence-electron chi connectivity index (χ1n) is 11.2. The quantitative estimate of drug-likeness (QED) is 0.325.